The Morgan fingerprint density at radius 2 is 2.03 bits per heavy atom. The highest BCUT2D eigenvalue weighted by molar-refractivity contribution is 7.99. The van der Waals surface area contributed by atoms with Crippen LogP contribution in [0.4, 0.5) is 5.13 Å². The Morgan fingerprint density at radius 1 is 1.20 bits per heavy atom. The summed E-state index contributed by atoms with van der Waals surface area (Å²) in [5, 5.41) is 12.5. The molecule has 0 aliphatic heterocycles. The van der Waals surface area contributed by atoms with Crippen LogP contribution in [0.3, 0.4) is 0 Å². The van der Waals surface area contributed by atoms with Gasteiger partial charge in [0.15, 0.2) is 16.1 Å². The molecule has 0 spiro atoms. The lowest BCUT2D eigenvalue weighted by Crippen LogP contribution is -2.14. The molecule has 0 saturated heterocycles. The van der Waals surface area contributed by atoms with E-state index in [9.17, 15) is 4.79 Å². The number of nitrogens with one attached hydrogen (secondary N) is 1. The Kier molecular flexibility index (Phi) is 6.01. The van der Waals surface area contributed by atoms with Crippen molar-refractivity contribution in [3.63, 3.8) is 0 Å². The number of hydrogen-bond acceptors (Lipinski definition) is 7. The molecular weight excluding hydrogens is 418 g/mol. The van der Waals surface area contributed by atoms with Gasteiger partial charge in [0.2, 0.25) is 5.91 Å². The third-order valence-corrected chi connectivity index (χ3v) is 6.46. The SMILES string of the molecule is Cc1ccc(OCc2nnc(SCC(=O)Nc3nc4ccccc4s3)n2C)c(C)c1. The summed E-state index contributed by atoms with van der Waals surface area (Å²) in [4.78, 5) is 16.7. The van der Waals surface area contributed by atoms with E-state index in [4.69, 9.17) is 4.74 Å². The average Bonchev–Trinajstić information content (AvgIpc) is 3.28. The van der Waals surface area contributed by atoms with Gasteiger partial charge in [0.1, 0.15) is 12.4 Å². The molecule has 4 aromatic rings. The lowest BCUT2D eigenvalue weighted by Gasteiger charge is -2.09. The Labute approximate surface area is 182 Å². The average molecular weight is 440 g/mol. The molecule has 0 aliphatic rings. The van der Waals surface area contributed by atoms with E-state index in [1.54, 1.807) is 0 Å². The molecule has 2 heterocycles. The van der Waals surface area contributed by atoms with E-state index in [1.165, 1.54) is 28.7 Å². The molecule has 2 aromatic heterocycles. The minimum Gasteiger partial charge on any atom is -0.485 e. The van der Waals surface area contributed by atoms with Gasteiger partial charge in [-0.1, -0.05) is 52.9 Å². The highest BCUT2D eigenvalue weighted by Crippen LogP contribution is 2.26. The van der Waals surface area contributed by atoms with Crippen LogP contribution in [0.2, 0.25) is 0 Å². The molecule has 7 nitrogen and oxygen atoms in total. The van der Waals surface area contributed by atoms with Crippen molar-refractivity contribution in [3.8, 4) is 5.75 Å². The van der Waals surface area contributed by atoms with Gasteiger partial charge in [-0.2, -0.15) is 0 Å². The molecule has 1 N–H and O–H groups in total. The topological polar surface area (TPSA) is 81.9 Å². The summed E-state index contributed by atoms with van der Waals surface area (Å²) < 4.78 is 8.78. The van der Waals surface area contributed by atoms with Gasteiger partial charge in [-0.15, -0.1) is 10.2 Å². The van der Waals surface area contributed by atoms with E-state index in [2.05, 4.69) is 33.5 Å². The highest BCUT2D eigenvalue weighted by Gasteiger charge is 2.14. The number of carbonyl (C=O) groups excluding carboxylic acids is 1. The van der Waals surface area contributed by atoms with Crippen LogP contribution < -0.4 is 10.1 Å². The second-order valence-electron chi connectivity index (χ2n) is 6.84. The van der Waals surface area contributed by atoms with Crippen LogP contribution in [0.1, 0.15) is 17.0 Å². The standard InChI is InChI=1S/C21H21N5O2S2/c1-13-8-9-16(14(2)10-13)28-11-18-24-25-21(26(18)3)29-12-19(27)23-20-22-15-6-4-5-7-17(15)30-20/h4-10H,11-12H2,1-3H3,(H,22,23,27). The number of para-hydroxylation sites is 1. The quantitative estimate of drug-likeness (QED) is 0.431. The number of fused-ring (bicyclic) bond motifs is 1. The molecule has 30 heavy (non-hydrogen) atoms. The summed E-state index contributed by atoms with van der Waals surface area (Å²) in [5.74, 6) is 1.62. The summed E-state index contributed by atoms with van der Waals surface area (Å²) >= 11 is 2.79. The molecular formula is C21H21N5O2S2. The minimum atomic E-state index is -0.130. The molecule has 2 aromatic carbocycles. The second-order valence-corrected chi connectivity index (χ2v) is 8.81. The van der Waals surface area contributed by atoms with Gasteiger partial charge in [0.05, 0.1) is 16.0 Å². The number of thiazole rings is 1. The highest BCUT2D eigenvalue weighted by atomic mass is 32.2. The van der Waals surface area contributed by atoms with Gasteiger partial charge in [0, 0.05) is 7.05 Å². The van der Waals surface area contributed by atoms with Crippen molar-refractivity contribution in [2.75, 3.05) is 11.1 Å². The van der Waals surface area contributed by atoms with E-state index in [0.29, 0.717) is 22.7 Å². The van der Waals surface area contributed by atoms with Gasteiger partial charge in [-0.05, 0) is 37.6 Å². The number of hydrogen-bond donors (Lipinski definition) is 1. The summed E-state index contributed by atoms with van der Waals surface area (Å²) in [5.41, 5.74) is 3.16. The van der Waals surface area contributed by atoms with E-state index >= 15 is 0 Å². The normalized spacial score (nSPS) is 11.0. The van der Waals surface area contributed by atoms with E-state index in [-0.39, 0.29) is 11.7 Å². The number of rotatable bonds is 7. The van der Waals surface area contributed by atoms with E-state index < -0.39 is 0 Å². The predicted molar refractivity (Wildman–Crippen MR) is 120 cm³/mol. The van der Waals surface area contributed by atoms with Crippen molar-refractivity contribution >= 4 is 44.4 Å². The summed E-state index contributed by atoms with van der Waals surface area (Å²) in [6.07, 6.45) is 0. The van der Waals surface area contributed by atoms with Crippen molar-refractivity contribution in [2.45, 2.75) is 25.6 Å². The van der Waals surface area contributed by atoms with Gasteiger partial charge < -0.3 is 14.6 Å². The number of anilines is 1. The number of aromatic nitrogens is 4. The molecule has 0 unspecified atom stereocenters. The van der Waals surface area contributed by atoms with Crippen molar-refractivity contribution in [1.29, 1.82) is 0 Å². The number of amides is 1. The van der Waals surface area contributed by atoms with Crippen molar-refractivity contribution in [2.24, 2.45) is 7.05 Å². The number of thioether (sulfide) groups is 1. The third kappa shape index (κ3) is 4.63. The molecule has 1 amide bonds. The fourth-order valence-corrected chi connectivity index (χ4v) is 4.52. The van der Waals surface area contributed by atoms with Crippen molar-refractivity contribution in [1.82, 2.24) is 19.7 Å². The van der Waals surface area contributed by atoms with Gasteiger partial charge >= 0.3 is 0 Å². The fourth-order valence-electron chi connectivity index (χ4n) is 2.91. The zero-order valence-corrected chi connectivity index (χ0v) is 18.5. The lowest BCUT2D eigenvalue weighted by molar-refractivity contribution is -0.113. The minimum absolute atomic E-state index is 0.130. The first-order valence-corrected chi connectivity index (χ1v) is 11.2. The van der Waals surface area contributed by atoms with Crippen molar-refractivity contribution < 1.29 is 9.53 Å². The number of ether oxygens (including phenoxy) is 1. The predicted octanol–water partition coefficient (Wildman–Crippen LogP) is 4.35. The van der Waals surface area contributed by atoms with Crippen LogP contribution in [0.5, 0.6) is 5.75 Å². The maximum Gasteiger partial charge on any atom is 0.236 e. The summed E-state index contributed by atoms with van der Waals surface area (Å²) in [7, 11) is 1.87. The Hall–Kier alpha value is -2.91. The van der Waals surface area contributed by atoms with Gasteiger partial charge in [-0.25, -0.2) is 4.98 Å². The molecule has 4 rings (SSSR count). The summed E-state index contributed by atoms with van der Waals surface area (Å²) in [6, 6.07) is 13.9. The first kappa shape index (κ1) is 20.4. The Morgan fingerprint density at radius 3 is 2.83 bits per heavy atom. The van der Waals surface area contributed by atoms with Crippen LogP contribution in [0, 0.1) is 13.8 Å². The number of aryl methyl sites for hydroxylation is 2. The first-order chi connectivity index (χ1) is 14.5. The zero-order valence-electron chi connectivity index (χ0n) is 16.9. The Balaban J connectivity index is 1.32. The van der Waals surface area contributed by atoms with E-state index in [1.807, 2.05) is 54.9 Å². The Bertz CT molecular complexity index is 1170. The molecule has 154 valence electrons. The largest absolute Gasteiger partial charge is 0.485 e. The van der Waals surface area contributed by atoms with Crippen LogP contribution in [-0.4, -0.2) is 31.4 Å². The monoisotopic (exact) mass is 439 g/mol. The fraction of sp³-hybridized carbons (Fsp3) is 0.238. The smallest absolute Gasteiger partial charge is 0.236 e. The molecule has 0 bridgehead atoms. The van der Waals surface area contributed by atoms with E-state index in [0.717, 1.165) is 21.5 Å². The van der Waals surface area contributed by atoms with Gasteiger partial charge in [-0.3, -0.25) is 4.79 Å². The number of nitrogens with zero attached hydrogens (tertiary/aromatic N) is 4. The molecule has 0 radical (unpaired) electrons. The van der Waals surface area contributed by atoms with Gasteiger partial charge in [0.25, 0.3) is 0 Å². The third-order valence-electron chi connectivity index (χ3n) is 4.48. The molecule has 0 saturated carbocycles. The molecule has 0 aliphatic carbocycles. The van der Waals surface area contributed by atoms with Crippen LogP contribution in [0.25, 0.3) is 10.2 Å². The maximum atomic E-state index is 12.3. The van der Waals surface area contributed by atoms with Crippen molar-refractivity contribution in [3.05, 3.63) is 59.4 Å². The number of benzene rings is 2. The molecule has 0 fully saturated rings. The molecule has 9 heteroatoms. The lowest BCUT2D eigenvalue weighted by atomic mass is 10.1. The van der Waals surface area contributed by atoms with Crippen LogP contribution >= 0.6 is 23.1 Å². The first-order valence-electron chi connectivity index (χ1n) is 9.36. The summed E-state index contributed by atoms with van der Waals surface area (Å²) in [6.45, 7) is 4.38. The molecule has 0 atom stereocenters. The maximum absolute atomic E-state index is 12.3. The second kappa shape index (κ2) is 8.85. The van der Waals surface area contributed by atoms with Crippen LogP contribution in [-0.2, 0) is 18.4 Å². The number of carbonyl (C=O) groups is 1. The zero-order chi connectivity index (χ0) is 21.1. The van der Waals surface area contributed by atoms with Crippen LogP contribution in [0.15, 0.2) is 47.6 Å².